The van der Waals surface area contributed by atoms with Crippen LogP contribution in [0, 0.1) is 5.92 Å². The Hall–Kier alpha value is -1.67. The lowest BCUT2D eigenvalue weighted by atomic mass is 9.95. The number of aromatic nitrogens is 1. The van der Waals surface area contributed by atoms with Crippen LogP contribution in [0.15, 0.2) is 24.4 Å². The number of pyridine rings is 1. The van der Waals surface area contributed by atoms with E-state index >= 15 is 0 Å². The number of ether oxygens (including phenoxy) is 1. The summed E-state index contributed by atoms with van der Waals surface area (Å²) in [6.07, 6.45) is 4.06. The monoisotopic (exact) mass is 339 g/mol. The van der Waals surface area contributed by atoms with Crippen LogP contribution in [0.4, 0.5) is 0 Å². The lowest BCUT2D eigenvalue weighted by molar-refractivity contribution is -0.145. The van der Waals surface area contributed by atoms with Crippen LogP contribution >= 0.6 is 0 Å². The third kappa shape index (κ3) is 3.81. The highest BCUT2D eigenvalue weighted by Crippen LogP contribution is 2.24. The van der Waals surface area contributed by atoms with Gasteiger partial charge in [-0.05, 0) is 18.9 Å². The number of sulfonamides is 1. The fourth-order valence-corrected chi connectivity index (χ4v) is 3.85. The van der Waals surface area contributed by atoms with E-state index in [-0.39, 0.29) is 17.9 Å². The van der Waals surface area contributed by atoms with Gasteiger partial charge in [0.15, 0.2) is 0 Å². The van der Waals surface area contributed by atoms with Crippen molar-refractivity contribution in [3.63, 3.8) is 0 Å². The van der Waals surface area contributed by atoms with Crippen LogP contribution in [0.1, 0.15) is 12.8 Å². The van der Waals surface area contributed by atoms with Crippen LogP contribution in [-0.2, 0) is 14.8 Å². The Morgan fingerprint density at radius 3 is 2.52 bits per heavy atom. The molecule has 1 amide bonds. The van der Waals surface area contributed by atoms with Gasteiger partial charge in [0.2, 0.25) is 21.8 Å². The molecule has 2 fully saturated rings. The van der Waals surface area contributed by atoms with Crippen LogP contribution in [0.5, 0.6) is 5.88 Å². The van der Waals surface area contributed by atoms with Gasteiger partial charge in [-0.25, -0.2) is 17.7 Å². The quantitative estimate of drug-likeness (QED) is 0.790. The minimum atomic E-state index is -3.15. The Balaban J connectivity index is 1.45. The van der Waals surface area contributed by atoms with Gasteiger partial charge in [0.05, 0.1) is 19.3 Å². The average Bonchev–Trinajstić information content (AvgIpc) is 2.50. The molecule has 2 aliphatic heterocycles. The molecule has 0 aromatic carbocycles. The van der Waals surface area contributed by atoms with Crippen molar-refractivity contribution < 1.29 is 17.9 Å². The standard InChI is InChI=1S/C15H21N3O4S/c1-23(20,21)18-8-5-12(6-9-18)15(19)17-10-13(11-17)22-14-4-2-3-7-16-14/h2-4,7,12-13H,5-6,8-11H2,1H3. The predicted octanol–water partition coefficient (Wildman–Crippen LogP) is 0.343. The molecule has 2 saturated heterocycles. The molecule has 0 unspecified atom stereocenters. The molecule has 2 aliphatic rings. The second kappa shape index (κ2) is 6.45. The van der Waals surface area contributed by atoms with Gasteiger partial charge in [-0.15, -0.1) is 0 Å². The molecule has 23 heavy (non-hydrogen) atoms. The maximum atomic E-state index is 12.4. The van der Waals surface area contributed by atoms with Crippen molar-refractivity contribution in [3.05, 3.63) is 24.4 Å². The van der Waals surface area contributed by atoms with E-state index in [0.29, 0.717) is 44.9 Å². The van der Waals surface area contributed by atoms with E-state index in [4.69, 9.17) is 4.74 Å². The number of rotatable bonds is 4. The largest absolute Gasteiger partial charge is 0.471 e. The fourth-order valence-electron chi connectivity index (χ4n) is 2.97. The highest BCUT2D eigenvalue weighted by atomic mass is 32.2. The van der Waals surface area contributed by atoms with Crippen molar-refractivity contribution in [1.82, 2.24) is 14.2 Å². The third-order valence-corrected chi connectivity index (χ3v) is 5.66. The van der Waals surface area contributed by atoms with Gasteiger partial charge in [-0.2, -0.15) is 0 Å². The molecular formula is C15H21N3O4S. The zero-order valence-electron chi connectivity index (χ0n) is 13.1. The highest BCUT2D eigenvalue weighted by molar-refractivity contribution is 7.88. The molecule has 0 atom stereocenters. The maximum absolute atomic E-state index is 12.4. The number of carbonyl (C=O) groups excluding carboxylic acids is 1. The van der Waals surface area contributed by atoms with Crippen LogP contribution in [0.2, 0.25) is 0 Å². The Morgan fingerprint density at radius 2 is 1.96 bits per heavy atom. The molecule has 0 aliphatic carbocycles. The molecule has 0 spiro atoms. The molecule has 0 radical (unpaired) electrons. The first-order valence-corrected chi connectivity index (χ1v) is 9.60. The van der Waals surface area contributed by atoms with E-state index in [1.165, 1.54) is 10.6 Å². The molecule has 0 saturated carbocycles. The summed E-state index contributed by atoms with van der Waals surface area (Å²) in [6, 6.07) is 5.48. The Bertz CT molecular complexity index is 651. The number of hydrogen-bond donors (Lipinski definition) is 0. The van der Waals surface area contributed by atoms with Crippen LogP contribution in [-0.4, -0.2) is 67.1 Å². The second-order valence-electron chi connectivity index (χ2n) is 6.09. The topological polar surface area (TPSA) is 79.8 Å². The zero-order valence-corrected chi connectivity index (χ0v) is 13.9. The first-order valence-electron chi connectivity index (χ1n) is 7.75. The first-order chi connectivity index (χ1) is 10.9. The van der Waals surface area contributed by atoms with E-state index in [2.05, 4.69) is 4.98 Å². The van der Waals surface area contributed by atoms with Gasteiger partial charge in [-0.1, -0.05) is 6.07 Å². The number of hydrogen-bond acceptors (Lipinski definition) is 5. The van der Waals surface area contributed by atoms with Gasteiger partial charge in [0.25, 0.3) is 0 Å². The van der Waals surface area contributed by atoms with Crippen molar-refractivity contribution in [2.24, 2.45) is 5.92 Å². The van der Waals surface area contributed by atoms with Crippen molar-refractivity contribution in [2.75, 3.05) is 32.4 Å². The summed E-state index contributed by atoms with van der Waals surface area (Å²) in [5.74, 6) is 0.605. The van der Waals surface area contributed by atoms with Crippen molar-refractivity contribution in [2.45, 2.75) is 18.9 Å². The number of nitrogens with zero attached hydrogens (tertiary/aromatic N) is 3. The number of piperidine rings is 1. The minimum Gasteiger partial charge on any atom is -0.471 e. The van der Waals surface area contributed by atoms with Crippen LogP contribution in [0.25, 0.3) is 0 Å². The van der Waals surface area contributed by atoms with Gasteiger partial charge < -0.3 is 9.64 Å². The second-order valence-corrected chi connectivity index (χ2v) is 8.07. The average molecular weight is 339 g/mol. The lowest BCUT2D eigenvalue weighted by Gasteiger charge is -2.41. The van der Waals surface area contributed by atoms with E-state index in [1.807, 2.05) is 12.1 Å². The van der Waals surface area contributed by atoms with E-state index in [1.54, 1.807) is 17.2 Å². The summed E-state index contributed by atoms with van der Waals surface area (Å²) < 4.78 is 30.1. The molecule has 7 nitrogen and oxygen atoms in total. The summed E-state index contributed by atoms with van der Waals surface area (Å²) in [6.45, 7) is 2.00. The van der Waals surface area contributed by atoms with Gasteiger partial charge in [-0.3, -0.25) is 4.79 Å². The fraction of sp³-hybridized carbons (Fsp3) is 0.600. The summed E-state index contributed by atoms with van der Waals surface area (Å²) in [4.78, 5) is 18.3. The summed E-state index contributed by atoms with van der Waals surface area (Å²) in [5.41, 5.74) is 0. The molecule has 3 heterocycles. The molecule has 3 rings (SSSR count). The van der Waals surface area contributed by atoms with Crippen molar-refractivity contribution in [1.29, 1.82) is 0 Å². The SMILES string of the molecule is CS(=O)(=O)N1CCC(C(=O)N2CC(Oc3ccccn3)C2)CC1. The Labute approximate surface area is 136 Å². The molecule has 1 aromatic heterocycles. The molecule has 1 aromatic rings. The third-order valence-electron chi connectivity index (χ3n) is 4.36. The van der Waals surface area contributed by atoms with E-state index < -0.39 is 10.0 Å². The lowest BCUT2D eigenvalue weighted by Crippen LogP contribution is -2.58. The number of carbonyl (C=O) groups is 1. The minimum absolute atomic E-state index is 0.00930. The summed E-state index contributed by atoms with van der Waals surface area (Å²) in [5, 5.41) is 0. The highest BCUT2D eigenvalue weighted by Gasteiger charge is 2.37. The Morgan fingerprint density at radius 1 is 1.26 bits per heavy atom. The number of likely N-dealkylation sites (tertiary alicyclic amines) is 1. The smallest absolute Gasteiger partial charge is 0.226 e. The maximum Gasteiger partial charge on any atom is 0.226 e. The summed E-state index contributed by atoms with van der Waals surface area (Å²) in [7, 11) is -3.15. The molecular weight excluding hydrogens is 318 g/mol. The van der Waals surface area contributed by atoms with E-state index in [9.17, 15) is 13.2 Å². The van der Waals surface area contributed by atoms with E-state index in [0.717, 1.165) is 0 Å². The zero-order chi connectivity index (χ0) is 16.4. The van der Waals surface area contributed by atoms with Gasteiger partial charge in [0.1, 0.15) is 6.10 Å². The van der Waals surface area contributed by atoms with Gasteiger partial charge >= 0.3 is 0 Å². The van der Waals surface area contributed by atoms with Crippen LogP contribution < -0.4 is 4.74 Å². The number of amides is 1. The predicted molar refractivity (Wildman–Crippen MR) is 84.4 cm³/mol. The Kier molecular flexibility index (Phi) is 4.54. The summed E-state index contributed by atoms with van der Waals surface area (Å²) >= 11 is 0. The van der Waals surface area contributed by atoms with Crippen molar-refractivity contribution in [3.8, 4) is 5.88 Å². The first kappa shape index (κ1) is 16.2. The van der Waals surface area contributed by atoms with Crippen molar-refractivity contribution >= 4 is 15.9 Å². The normalized spacial score (nSPS) is 21.0. The van der Waals surface area contributed by atoms with Crippen LogP contribution in [0.3, 0.4) is 0 Å². The molecule has 126 valence electrons. The van der Waals surface area contributed by atoms with Gasteiger partial charge in [0, 0.05) is 31.3 Å². The molecule has 0 N–H and O–H groups in total. The molecule has 0 bridgehead atoms. The molecule has 8 heteroatoms.